The van der Waals surface area contributed by atoms with E-state index in [2.05, 4.69) is 5.32 Å². The van der Waals surface area contributed by atoms with Crippen molar-refractivity contribution in [1.29, 1.82) is 0 Å². The van der Waals surface area contributed by atoms with Crippen molar-refractivity contribution >= 4 is 44.8 Å². The quantitative estimate of drug-likeness (QED) is 0.607. The topological polar surface area (TPSA) is 75.7 Å². The predicted octanol–water partition coefficient (Wildman–Crippen LogP) is 3.96. The Hall–Kier alpha value is -1.96. The van der Waals surface area contributed by atoms with Crippen molar-refractivity contribution in [3.05, 3.63) is 57.6 Å². The molecule has 2 rings (SSSR count). The van der Waals surface area contributed by atoms with Gasteiger partial charge in [-0.15, -0.1) is 0 Å². The van der Waals surface area contributed by atoms with Gasteiger partial charge in [-0.2, -0.15) is 0 Å². The van der Waals surface area contributed by atoms with Gasteiger partial charge in [0.2, 0.25) is 15.9 Å². The number of anilines is 1. The Morgan fingerprint density at radius 3 is 2.45 bits per heavy atom. The molecule has 1 atom stereocenters. The standard InChI is InChI=1S/C20H24Cl2N2O4S/c1-13-5-6-14(2)19(11-13)28-10-9-23-20(25)15(3)24(29(4,26)27)16-7-8-17(21)18(22)12-16/h5-8,11-12,15H,9-10H2,1-4H3,(H,23,25)/t15-/m1/s1. The number of nitrogens with one attached hydrogen (secondary N) is 1. The van der Waals surface area contributed by atoms with E-state index in [0.717, 1.165) is 27.4 Å². The summed E-state index contributed by atoms with van der Waals surface area (Å²) in [4.78, 5) is 12.6. The van der Waals surface area contributed by atoms with E-state index in [4.69, 9.17) is 27.9 Å². The fourth-order valence-corrected chi connectivity index (χ4v) is 4.24. The van der Waals surface area contributed by atoms with E-state index < -0.39 is 22.0 Å². The van der Waals surface area contributed by atoms with Crippen molar-refractivity contribution in [2.45, 2.75) is 26.8 Å². The number of carbonyl (C=O) groups is 1. The van der Waals surface area contributed by atoms with Crippen LogP contribution in [0, 0.1) is 13.8 Å². The molecule has 0 unspecified atom stereocenters. The molecule has 1 N–H and O–H groups in total. The van der Waals surface area contributed by atoms with Crippen LogP contribution < -0.4 is 14.4 Å². The van der Waals surface area contributed by atoms with Crippen LogP contribution in [0.4, 0.5) is 5.69 Å². The molecule has 2 aromatic carbocycles. The van der Waals surface area contributed by atoms with Crippen molar-refractivity contribution in [1.82, 2.24) is 5.32 Å². The lowest BCUT2D eigenvalue weighted by atomic mass is 10.1. The Morgan fingerprint density at radius 2 is 1.83 bits per heavy atom. The number of sulfonamides is 1. The van der Waals surface area contributed by atoms with E-state index in [1.54, 1.807) is 0 Å². The number of carbonyl (C=O) groups excluding carboxylic acids is 1. The maximum Gasteiger partial charge on any atom is 0.243 e. The van der Waals surface area contributed by atoms with Crippen LogP contribution in [-0.2, 0) is 14.8 Å². The first-order valence-corrected chi connectivity index (χ1v) is 11.5. The van der Waals surface area contributed by atoms with Crippen LogP contribution in [-0.4, -0.2) is 39.8 Å². The van der Waals surface area contributed by atoms with Crippen LogP contribution >= 0.6 is 23.2 Å². The molecule has 9 heteroatoms. The summed E-state index contributed by atoms with van der Waals surface area (Å²) in [6, 6.07) is 9.31. The molecule has 29 heavy (non-hydrogen) atoms. The summed E-state index contributed by atoms with van der Waals surface area (Å²) < 4.78 is 31.3. The monoisotopic (exact) mass is 458 g/mol. The van der Waals surface area contributed by atoms with E-state index in [0.29, 0.717) is 5.02 Å². The highest BCUT2D eigenvalue weighted by Crippen LogP contribution is 2.29. The van der Waals surface area contributed by atoms with Crippen LogP contribution in [0.15, 0.2) is 36.4 Å². The van der Waals surface area contributed by atoms with Crippen molar-refractivity contribution in [2.24, 2.45) is 0 Å². The second kappa shape index (κ2) is 9.69. The molecule has 0 fully saturated rings. The minimum atomic E-state index is -3.74. The number of amides is 1. The van der Waals surface area contributed by atoms with E-state index in [9.17, 15) is 13.2 Å². The smallest absolute Gasteiger partial charge is 0.243 e. The zero-order valence-corrected chi connectivity index (χ0v) is 19.0. The second-order valence-electron chi connectivity index (χ2n) is 6.74. The van der Waals surface area contributed by atoms with E-state index in [1.165, 1.54) is 25.1 Å². The number of nitrogens with zero attached hydrogens (tertiary/aromatic N) is 1. The van der Waals surface area contributed by atoms with Gasteiger partial charge in [-0.25, -0.2) is 8.42 Å². The van der Waals surface area contributed by atoms with Gasteiger partial charge in [0.1, 0.15) is 18.4 Å². The molecule has 0 saturated heterocycles. The summed E-state index contributed by atoms with van der Waals surface area (Å²) >= 11 is 11.9. The number of hydrogen-bond donors (Lipinski definition) is 1. The summed E-state index contributed by atoms with van der Waals surface area (Å²) in [7, 11) is -3.74. The summed E-state index contributed by atoms with van der Waals surface area (Å²) in [6.45, 7) is 5.91. The van der Waals surface area contributed by atoms with Gasteiger partial charge in [0.25, 0.3) is 0 Å². The highest BCUT2D eigenvalue weighted by Gasteiger charge is 2.29. The Balaban J connectivity index is 2.03. The molecular weight excluding hydrogens is 435 g/mol. The minimum absolute atomic E-state index is 0.201. The van der Waals surface area contributed by atoms with Crippen LogP contribution in [0.5, 0.6) is 5.75 Å². The molecule has 0 heterocycles. The highest BCUT2D eigenvalue weighted by atomic mass is 35.5. The van der Waals surface area contributed by atoms with Crippen molar-refractivity contribution < 1.29 is 17.9 Å². The predicted molar refractivity (Wildman–Crippen MR) is 118 cm³/mol. The first kappa shape index (κ1) is 23.3. The number of ether oxygens (including phenoxy) is 1. The second-order valence-corrected chi connectivity index (χ2v) is 9.42. The molecule has 1 amide bonds. The third-order valence-electron chi connectivity index (χ3n) is 4.25. The lowest BCUT2D eigenvalue weighted by Gasteiger charge is -2.28. The van der Waals surface area contributed by atoms with Gasteiger partial charge in [0.05, 0.1) is 28.5 Å². The molecule has 6 nitrogen and oxygen atoms in total. The molecule has 0 bridgehead atoms. The largest absolute Gasteiger partial charge is 0.491 e. The van der Waals surface area contributed by atoms with Crippen LogP contribution in [0.25, 0.3) is 0 Å². The van der Waals surface area contributed by atoms with Crippen LogP contribution in [0.3, 0.4) is 0 Å². The Labute approximate surface area is 181 Å². The van der Waals surface area contributed by atoms with Crippen LogP contribution in [0.2, 0.25) is 10.0 Å². The maximum absolute atomic E-state index is 12.6. The minimum Gasteiger partial charge on any atom is -0.491 e. The molecule has 0 aliphatic rings. The molecule has 0 aliphatic heterocycles. The van der Waals surface area contributed by atoms with E-state index in [-0.39, 0.29) is 23.9 Å². The number of aryl methyl sites for hydroxylation is 2. The molecule has 0 aromatic heterocycles. The SMILES string of the molecule is Cc1ccc(C)c(OCCNC(=O)[C@@H](C)N(c2ccc(Cl)c(Cl)c2)S(C)(=O)=O)c1. The zero-order valence-electron chi connectivity index (χ0n) is 16.7. The van der Waals surface area contributed by atoms with Gasteiger partial charge >= 0.3 is 0 Å². The molecule has 158 valence electrons. The lowest BCUT2D eigenvalue weighted by molar-refractivity contribution is -0.121. The lowest BCUT2D eigenvalue weighted by Crippen LogP contribution is -2.48. The fourth-order valence-electron chi connectivity index (χ4n) is 2.78. The Kier molecular flexibility index (Phi) is 7.80. The number of benzene rings is 2. The third-order valence-corrected chi connectivity index (χ3v) is 6.23. The molecule has 2 aromatic rings. The number of rotatable bonds is 8. The van der Waals surface area contributed by atoms with Gasteiger partial charge < -0.3 is 10.1 Å². The van der Waals surface area contributed by atoms with Crippen molar-refractivity contribution in [3.63, 3.8) is 0 Å². The molecule has 0 aliphatic carbocycles. The zero-order chi connectivity index (χ0) is 21.8. The number of halogens is 2. The first-order chi connectivity index (χ1) is 13.5. The average molecular weight is 459 g/mol. The summed E-state index contributed by atoms with van der Waals surface area (Å²) in [5.74, 6) is 0.298. The average Bonchev–Trinajstić information content (AvgIpc) is 2.63. The summed E-state index contributed by atoms with van der Waals surface area (Å²) in [5.41, 5.74) is 2.34. The van der Waals surface area contributed by atoms with Crippen molar-refractivity contribution in [2.75, 3.05) is 23.7 Å². The van der Waals surface area contributed by atoms with Crippen LogP contribution in [0.1, 0.15) is 18.1 Å². The van der Waals surface area contributed by atoms with Gasteiger partial charge in [0, 0.05) is 0 Å². The molecular formula is C20H24Cl2N2O4S. The van der Waals surface area contributed by atoms with Crippen molar-refractivity contribution in [3.8, 4) is 5.75 Å². The van der Waals surface area contributed by atoms with Gasteiger partial charge in [-0.05, 0) is 56.2 Å². The van der Waals surface area contributed by atoms with Gasteiger partial charge in [0.15, 0.2) is 0 Å². The highest BCUT2D eigenvalue weighted by molar-refractivity contribution is 7.92. The van der Waals surface area contributed by atoms with E-state index in [1.807, 2.05) is 32.0 Å². The van der Waals surface area contributed by atoms with E-state index >= 15 is 0 Å². The summed E-state index contributed by atoms with van der Waals surface area (Å²) in [6.07, 6.45) is 1.03. The van der Waals surface area contributed by atoms with Gasteiger partial charge in [-0.3, -0.25) is 9.10 Å². The fraction of sp³-hybridized carbons (Fsp3) is 0.350. The molecule has 0 saturated carbocycles. The number of hydrogen-bond acceptors (Lipinski definition) is 4. The Morgan fingerprint density at radius 1 is 1.14 bits per heavy atom. The maximum atomic E-state index is 12.6. The Bertz CT molecular complexity index is 996. The third kappa shape index (κ3) is 6.26. The summed E-state index contributed by atoms with van der Waals surface area (Å²) in [5, 5.41) is 3.20. The van der Waals surface area contributed by atoms with Gasteiger partial charge in [-0.1, -0.05) is 35.3 Å². The molecule has 0 spiro atoms. The first-order valence-electron chi connectivity index (χ1n) is 8.93. The normalized spacial score (nSPS) is 12.3. The molecule has 0 radical (unpaired) electrons.